The minimum Gasteiger partial charge on any atom is -0.793 e. The van der Waals surface area contributed by atoms with Crippen molar-refractivity contribution in [3.05, 3.63) is 88.3 Å². The second-order valence-corrected chi connectivity index (χ2v) is 11.9. The number of benzene rings is 2. The first-order valence-electron chi connectivity index (χ1n) is 10.2. The van der Waals surface area contributed by atoms with E-state index in [1.807, 2.05) is 49.8 Å². The predicted molar refractivity (Wildman–Crippen MR) is 128 cm³/mol. The summed E-state index contributed by atoms with van der Waals surface area (Å²) in [5.74, 6) is -0.683. The van der Waals surface area contributed by atoms with Gasteiger partial charge in [0.2, 0.25) is 0 Å². The molecule has 0 bridgehead atoms. The van der Waals surface area contributed by atoms with Crippen molar-refractivity contribution in [2.24, 2.45) is 0 Å². The molecule has 0 radical (unpaired) electrons. The van der Waals surface area contributed by atoms with Crippen molar-refractivity contribution >= 4 is 39.8 Å². The molecule has 33 heavy (non-hydrogen) atoms. The highest BCUT2D eigenvalue weighted by Crippen LogP contribution is 2.57. The van der Waals surface area contributed by atoms with Crippen LogP contribution in [0.5, 0.6) is 0 Å². The van der Waals surface area contributed by atoms with Crippen molar-refractivity contribution < 1.29 is 27.0 Å². The zero-order valence-electron chi connectivity index (χ0n) is 18.8. The summed E-state index contributed by atoms with van der Waals surface area (Å²) in [5.41, 5.74) is 3.88. The molecule has 0 aromatic heterocycles. The summed E-state index contributed by atoms with van der Waals surface area (Å²) in [7, 11) is -1.44. The molecule has 1 unspecified atom stereocenters. The number of hydrogen-bond acceptors (Lipinski definition) is 6. The first-order chi connectivity index (χ1) is 15.4. The maximum absolute atomic E-state index is 13.8. The predicted octanol–water partition coefficient (Wildman–Crippen LogP) is 2.04. The summed E-state index contributed by atoms with van der Waals surface area (Å²) in [5, 5.41) is 0.346. The molecule has 9 heteroatoms. The Morgan fingerprint density at radius 1 is 1.03 bits per heavy atom. The zero-order valence-corrected chi connectivity index (χ0v) is 20.5. The molecule has 2 aromatic rings. The Hall–Kier alpha value is -2.77. The lowest BCUT2D eigenvalue weighted by Gasteiger charge is -2.37. The Labute approximate surface area is 193 Å². The van der Waals surface area contributed by atoms with Gasteiger partial charge in [0.05, 0.1) is 23.2 Å². The molecule has 7 nitrogen and oxygen atoms in total. The van der Waals surface area contributed by atoms with E-state index >= 15 is 0 Å². The molecule has 2 aromatic carbocycles. The summed E-state index contributed by atoms with van der Waals surface area (Å²) in [6.07, 6.45) is 5.21. The lowest BCUT2D eigenvalue weighted by atomic mass is 9.87. The van der Waals surface area contributed by atoms with Gasteiger partial charge < -0.3 is 18.9 Å². The van der Waals surface area contributed by atoms with Gasteiger partial charge in [0.25, 0.3) is 0 Å². The summed E-state index contributed by atoms with van der Waals surface area (Å²) >= 11 is 0. The van der Waals surface area contributed by atoms with Gasteiger partial charge in [-0.25, -0.2) is 13.0 Å². The van der Waals surface area contributed by atoms with Crippen molar-refractivity contribution in [1.82, 2.24) is 0 Å². The Morgan fingerprint density at radius 2 is 1.73 bits per heavy atom. The largest absolute Gasteiger partial charge is 0.793 e. The van der Waals surface area contributed by atoms with Crippen LogP contribution in [0, 0.1) is 0 Å². The van der Waals surface area contributed by atoms with Crippen molar-refractivity contribution in [3.63, 3.8) is 0 Å². The van der Waals surface area contributed by atoms with Gasteiger partial charge in [-0.1, -0.05) is 30.3 Å². The van der Waals surface area contributed by atoms with Crippen LogP contribution in [0.3, 0.4) is 0 Å². The Bertz CT molecular complexity index is 1440. The van der Waals surface area contributed by atoms with Crippen LogP contribution < -0.4 is 15.1 Å². The van der Waals surface area contributed by atoms with Crippen molar-refractivity contribution in [2.45, 2.75) is 5.75 Å². The average Bonchev–Trinajstić information content (AvgIpc) is 2.73. The topological polar surface area (TPSA) is 104 Å². The van der Waals surface area contributed by atoms with Crippen molar-refractivity contribution in [3.8, 4) is 0 Å². The van der Waals surface area contributed by atoms with E-state index in [0.717, 1.165) is 11.4 Å². The first kappa shape index (κ1) is 23.4. The third kappa shape index (κ3) is 4.27. The molecular formula is C24H24N2O5PS-. The van der Waals surface area contributed by atoms with E-state index < -0.39 is 23.2 Å². The highest BCUT2D eigenvalue weighted by molar-refractivity contribution is 7.84. The van der Waals surface area contributed by atoms with Crippen LogP contribution in [0.1, 0.15) is 16.7 Å². The van der Waals surface area contributed by atoms with E-state index in [1.54, 1.807) is 48.6 Å². The third-order valence-electron chi connectivity index (χ3n) is 5.79. The van der Waals surface area contributed by atoms with Crippen LogP contribution in [0.2, 0.25) is 0 Å². The van der Waals surface area contributed by atoms with E-state index in [-0.39, 0.29) is 10.6 Å². The van der Waals surface area contributed by atoms with Crippen molar-refractivity contribution in [2.75, 3.05) is 33.1 Å². The SMILES string of the molecule is CN(C)c1ccc2c(c1)P(=O)([O-])C1=CC(=[N+](C)C)C=CC1=C2c1ccccc1CS(=O)(=O)[O-]. The van der Waals surface area contributed by atoms with E-state index in [0.29, 0.717) is 27.8 Å². The van der Waals surface area contributed by atoms with Gasteiger partial charge in [-0.15, -0.1) is 0 Å². The minimum absolute atomic E-state index is 0.173. The van der Waals surface area contributed by atoms with Gasteiger partial charge in [-0.05, 0) is 46.0 Å². The van der Waals surface area contributed by atoms with Gasteiger partial charge in [-0.2, -0.15) is 0 Å². The second kappa shape index (κ2) is 8.22. The van der Waals surface area contributed by atoms with E-state index in [1.165, 1.54) is 0 Å². The molecule has 1 aliphatic carbocycles. The Morgan fingerprint density at radius 3 is 2.36 bits per heavy atom. The summed E-state index contributed by atoms with van der Waals surface area (Å²) < 4.78 is 50.4. The molecule has 1 aliphatic heterocycles. The van der Waals surface area contributed by atoms with Crippen LogP contribution in [0.15, 0.2) is 71.6 Å². The molecule has 0 spiro atoms. The number of anilines is 1. The van der Waals surface area contributed by atoms with E-state index in [4.69, 9.17) is 0 Å². The fourth-order valence-electron chi connectivity index (χ4n) is 4.15. The minimum atomic E-state index is -4.55. The number of hydrogen-bond donors (Lipinski definition) is 0. The van der Waals surface area contributed by atoms with Crippen molar-refractivity contribution in [1.29, 1.82) is 0 Å². The molecule has 0 fully saturated rings. The smallest absolute Gasteiger partial charge is 0.200 e. The van der Waals surface area contributed by atoms with E-state index in [9.17, 15) is 22.4 Å². The molecule has 2 aliphatic rings. The third-order valence-corrected chi connectivity index (χ3v) is 8.46. The molecule has 0 amide bonds. The molecule has 0 N–H and O–H groups in total. The summed E-state index contributed by atoms with van der Waals surface area (Å²) in [4.78, 5) is 15.6. The molecule has 0 saturated carbocycles. The van der Waals surface area contributed by atoms with E-state index in [2.05, 4.69) is 0 Å². The van der Waals surface area contributed by atoms with Crippen LogP contribution in [0.4, 0.5) is 5.69 Å². The maximum Gasteiger partial charge on any atom is 0.200 e. The average molecular weight is 484 g/mol. The Kier molecular flexibility index (Phi) is 5.83. The summed E-state index contributed by atoms with van der Waals surface area (Å²) in [6.45, 7) is 0. The normalized spacial score (nSPS) is 19.7. The molecule has 1 atom stereocenters. The van der Waals surface area contributed by atoms with Crippen LogP contribution in [0.25, 0.3) is 5.57 Å². The molecule has 4 rings (SSSR count). The van der Waals surface area contributed by atoms with Gasteiger partial charge in [0.1, 0.15) is 14.1 Å². The number of fused-ring (bicyclic) bond motifs is 2. The van der Waals surface area contributed by atoms with Crippen LogP contribution >= 0.6 is 7.37 Å². The van der Waals surface area contributed by atoms with Gasteiger partial charge in [0, 0.05) is 42.6 Å². The second-order valence-electron chi connectivity index (χ2n) is 8.48. The van der Waals surface area contributed by atoms with Gasteiger partial charge >= 0.3 is 0 Å². The first-order valence-corrected chi connectivity index (χ1v) is 13.4. The molecule has 0 saturated heterocycles. The zero-order chi connectivity index (χ0) is 24.1. The molecule has 172 valence electrons. The maximum atomic E-state index is 13.8. The lowest BCUT2D eigenvalue weighted by Crippen LogP contribution is -2.28. The Balaban J connectivity index is 2.11. The fourth-order valence-corrected chi connectivity index (χ4v) is 6.66. The molecule has 1 heterocycles. The quantitative estimate of drug-likeness (QED) is 0.375. The van der Waals surface area contributed by atoms with Crippen LogP contribution in [-0.2, 0) is 20.4 Å². The number of allylic oxidation sites excluding steroid dienone is 5. The lowest BCUT2D eigenvalue weighted by molar-refractivity contribution is -0.462. The molecular weight excluding hydrogens is 459 g/mol. The monoisotopic (exact) mass is 483 g/mol. The standard InChI is InChI=1S/C24H25N2O5PS/c1-25(2)17-9-11-20-22(13-17)32(27,28)23-14-18(26(3)4)10-12-21(23)24(20)19-8-6-5-7-16(19)15-33(29,30)31/h5-14H,15H2,1-4H3,(H-,27,28,29,30,31)/p-1. The van der Waals surface area contributed by atoms with Gasteiger partial charge in [0.15, 0.2) is 5.71 Å². The van der Waals surface area contributed by atoms with Gasteiger partial charge in [-0.3, -0.25) is 0 Å². The van der Waals surface area contributed by atoms with Crippen LogP contribution in [-0.4, -0.2) is 51.4 Å². The number of rotatable bonds is 4. The highest BCUT2D eigenvalue weighted by Gasteiger charge is 2.35. The highest BCUT2D eigenvalue weighted by atomic mass is 32.2. The number of nitrogens with zero attached hydrogens (tertiary/aromatic N) is 2. The fraction of sp³-hybridized carbons (Fsp3) is 0.208. The summed E-state index contributed by atoms with van der Waals surface area (Å²) in [6, 6.07) is 11.9.